The van der Waals surface area contributed by atoms with Gasteiger partial charge in [0, 0.05) is 24.5 Å². The van der Waals surface area contributed by atoms with Gasteiger partial charge in [-0.2, -0.15) is 0 Å². The number of carbonyl (C=O) groups excluding carboxylic acids is 1. The fourth-order valence-corrected chi connectivity index (χ4v) is 5.69. The number of fused-ring (bicyclic) bond motifs is 1. The van der Waals surface area contributed by atoms with Crippen LogP contribution in [0.4, 0.5) is 21.9 Å². The van der Waals surface area contributed by atoms with Gasteiger partial charge in [-0.15, -0.1) is 0 Å². The first-order chi connectivity index (χ1) is 18.2. The third kappa shape index (κ3) is 7.82. The van der Waals surface area contributed by atoms with Crippen LogP contribution in [0, 0.1) is 0 Å². The molecular formula is C26H31N5NaO5S2-. The molecule has 4 rings (SSSR count). The summed E-state index contributed by atoms with van der Waals surface area (Å²) in [6.07, 6.45) is 1.37. The third-order valence-corrected chi connectivity index (χ3v) is 8.15. The number of nitrogens with two attached hydrogens (primary N) is 1. The van der Waals surface area contributed by atoms with E-state index in [4.69, 9.17) is 5.73 Å². The van der Waals surface area contributed by atoms with Crippen molar-refractivity contribution in [2.75, 3.05) is 16.8 Å². The second-order valence-corrected chi connectivity index (χ2v) is 11.4. The Bertz CT molecular complexity index is 1430. The standard InChI is InChI=1S/C26H31N5O5S2.Na.H/c1-2-25-29-23-12-7-20(17-37(33)34)15-24(23)31(25)21-8-3-18(4-9-21)13-14-28-26(32)30-38(35,36)22-10-5-19(16-27)6-11-22;;/h3-12,15,25,29H,2,13-14,16-17,27H2,1H3,(H,33,34)(H2,28,30,32);;/q;+1;-1/p-1. The average Bonchev–Trinajstić information content (AvgIpc) is 3.26. The molecule has 39 heavy (non-hydrogen) atoms. The van der Waals surface area contributed by atoms with E-state index < -0.39 is 27.1 Å². The molecule has 0 saturated carbocycles. The Kier molecular flexibility index (Phi) is 11.0. The first kappa shape index (κ1) is 31.1. The number of rotatable bonds is 10. The summed E-state index contributed by atoms with van der Waals surface area (Å²) in [7, 11) is -3.99. The van der Waals surface area contributed by atoms with Gasteiger partial charge < -0.3 is 27.2 Å². The average molecular weight is 581 g/mol. The van der Waals surface area contributed by atoms with Crippen molar-refractivity contribution in [2.45, 2.75) is 43.1 Å². The normalized spacial score (nSPS) is 15.1. The van der Waals surface area contributed by atoms with Crippen molar-refractivity contribution in [1.29, 1.82) is 0 Å². The fraction of sp³-hybridized carbons (Fsp3) is 0.269. The Hall–Kier alpha value is -2.45. The van der Waals surface area contributed by atoms with Gasteiger partial charge in [-0.25, -0.2) is 17.9 Å². The predicted molar refractivity (Wildman–Crippen MR) is 148 cm³/mol. The number of benzene rings is 3. The van der Waals surface area contributed by atoms with E-state index in [1.54, 1.807) is 12.1 Å². The van der Waals surface area contributed by atoms with Crippen molar-refractivity contribution in [3.63, 3.8) is 0 Å². The number of urea groups is 1. The van der Waals surface area contributed by atoms with E-state index in [1.807, 2.05) is 47.2 Å². The first-order valence-electron chi connectivity index (χ1n) is 12.1. The van der Waals surface area contributed by atoms with Crippen LogP contribution in [-0.2, 0) is 39.8 Å². The minimum Gasteiger partial charge on any atom is -1.00 e. The molecule has 5 N–H and O–H groups in total. The molecule has 0 aliphatic carbocycles. The number of amides is 2. The number of anilines is 3. The molecule has 1 aliphatic heterocycles. The molecule has 0 fully saturated rings. The fourth-order valence-electron chi connectivity index (χ4n) is 4.31. The molecule has 2 amide bonds. The smallest absolute Gasteiger partial charge is 1.00 e. The molecule has 204 valence electrons. The molecule has 0 radical (unpaired) electrons. The molecule has 2 unspecified atom stereocenters. The summed E-state index contributed by atoms with van der Waals surface area (Å²) in [5.41, 5.74) is 10.8. The SMILES string of the molecule is CCC1Nc2ccc(CS(=O)[O-])cc2N1c1ccc(CCNC(=O)NS(=O)(=O)c2ccc(CN)cc2)cc1.[H-].[Na+]. The van der Waals surface area contributed by atoms with E-state index in [0.717, 1.165) is 40.2 Å². The molecule has 10 nitrogen and oxygen atoms in total. The van der Waals surface area contributed by atoms with Crippen molar-refractivity contribution in [1.82, 2.24) is 10.0 Å². The van der Waals surface area contributed by atoms with E-state index in [2.05, 4.69) is 22.5 Å². The Balaban J connectivity index is 0.00000280. The van der Waals surface area contributed by atoms with Crippen molar-refractivity contribution in [2.24, 2.45) is 5.73 Å². The molecule has 3 aromatic carbocycles. The van der Waals surface area contributed by atoms with Gasteiger partial charge in [0.2, 0.25) is 0 Å². The largest absolute Gasteiger partial charge is 1.00 e. The first-order valence-corrected chi connectivity index (χ1v) is 14.9. The summed E-state index contributed by atoms with van der Waals surface area (Å²) in [6, 6.07) is 18.7. The maximum Gasteiger partial charge on any atom is 1.00 e. The van der Waals surface area contributed by atoms with Gasteiger partial charge in [0.1, 0.15) is 6.17 Å². The maximum absolute atomic E-state index is 12.4. The second-order valence-electron chi connectivity index (χ2n) is 8.86. The predicted octanol–water partition coefficient (Wildman–Crippen LogP) is 0.171. The monoisotopic (exact) mass is 580 g/mol. The Morgan fingerprint density at radius 1 is 1.08 bits per heavy atom. The van der Waals surface area contributed by atoms with E-state index in [9.17, 15) is 22.0 Å². The quantitative estimate of drug-likeness (QED) is 0.195. The molecule has 0 aromatic heterocycles. The van der Waals surface area contributed by atoms with Crippen LogP contribution >= 0.6 is 0 Å². The van der Waals surface area contributed by atoms with E-state index in [0.29, 0.717) is 13.0 Å². The number of sulfonamides is 1. The Morgan fingerprint density at radius 2 is 1.72 bits per heavy atom. The maximum atomic E-state index is 12.4. The van der Waals surface area contributed by atoms with Gasteiger partial charge in [-0.1, -0.05) is 48.3 Å². The van der Waals surface area contributed by atoms with E-state index in [-0.39, 0.29) is 54.3 Å². The molecule has 1 aliphatic rings. The number of nitrogens with zero attached hydrogens (tertiary/aromatic N) is 1. The van der Waals surface area contributed by atoms with Crippen LogP contribution in [0.15, 0.2) is 71.6 Å². The Labute approximate surface area is 254 Å². The summed E-state index contributed by atoms with van der Waals surface area (Å²) in [5, 5.41) is 6.05. The number of hydrogen-bond donors (Lipinski definition) is 4. The van der Waals surface area contributed by atoms with Crippen LogP contribution in [0.2, 0.25) is 0 Å². The van der Waals surface area contributed by atoms with Crippen molar-refractivity contribution >= 4 is 44.2 Å². The van der Waals surface area contributed by atoms with Gasteiger partial charge in [0.05, 0.1) is 16.3 Å². The Morgan fingerprint density at radius 3 is 2.33 bits per heavy atom. The number of hydrogen-bond acceptors (Lipinski definition) is 8. The summed E-state index contributed by atoms with van der Waals surface area (Å²) in [5.74, 6) is -0.0424. The molecule has 2 atom stereocenters. The van der Waals surface area contributed by atoms with Gasteiger partial charge in [-0.05, 0) is 65.9 Å². The van der Waals surface area contributed by atoms with Crippen LogP contribution < -0.4 is 55.5 Å². The van der Waals surface area contributed by atoms with Gasteiger partial charge in [0.25, 0.3) is 10.0 Å². The minimum absolute atomic E-state index is 0. The van der Waals surface area contributed by atoms with Gasteiger partial charge in [0.15, 0.2) is 0 Å². The zero-order chi connectivity index (χ0) is 27.3. The van der Waals surface area contributed by atoms with Gasteiger partial charge >= 0.3 is 35.6 Å². The van der Waals surface area contributed by atoms with Crippen LogP contribution in [0.3, 0.4) is 0 Å². The zero-order valence-corrected chi connectivity index (χ0v) is 25.5. The van der Waals surface area contributed by atoms with Crippen molar-refractivity contribution in [3.8, 4) is 0 Å². The topological polar surface area (TPSA) is 157 Å². The number of nitrogens with one attached hydrogen (secondary N) is 3. The molecule has 13 heteroatoms. The van der Waals surface area contributed by atoms with E-state index >= 15 is 0 Å². The van der Waals surface area contributed by atoms with E-state index in [1.165, 1.54) is 12.1 Å². The molecule has 0 saturated heterocycles. The summed E-state index contributed by atoms with van der Waals surface area (Å²) >= 11 is -2.17. The van der Waals surface area contributed by atoms with Crippen LogP contribution in [0.25, 0.3) is 0 Å². The second kappa shape index (κ2) is 13.8. The molecule has 3 aromatic rings. The van der Waals surface area contributed by atoms with Crippen LogP contribution in [0.1, 0.15) is 31.5 Å². The summed E-state index contributed by atoms with van der Waals surface area (Å²) in [4.78, 5) is 14.3. The van der Waals surface area contributed by atoms with Crippen LogP contribution in [0.5, 0.6) is 0 Å². The molecule has 0 spiro atoms. The van der Waals surface area contributed by atoms with Crippen molar-refractivity contribution < 1.29 is 53.0 Å². The number of carbonyl (C=O) groups is 1. The summed E-state index contributed by atoms with van der Waals surface area (Å²) < 4.78 is 49.2. The zero-order valence-electron chi connectivity index (χ0n) is 22.8. The van der Waals surface area contributed by atoms with Crippen molar-refractivity contribution in [3.05, 3.63) is 83.4 Å². The summed E-state index contributed by atoms with van der Waals surface area (Å²) in [6.45, 7) is 2.61. The minimum atomic E-state index is -3.99. The molecular weight excluding hydrogens is 549 g/mol. The third-order valence-electron chi connectivity index (χ3n) is 6.24. The molecule has 0 bridgehead atoms. The molecule has 1 heterocycles. The van der Waals surface area contributed by atoms with Gasteiger partial charge in [-0.3, -0.25) is 4.21 Å². The van der Waals surface area contributed by atoms with Crippen LogP contribution in [-0.4, -0.2) is 35.9 Å².